The third-order valence-corrected chi connectivity index (χ3v) is 12.7. The maximum atomic E-state index is 13.3. The SMILES string of the molecule is COC(=O)[C@H]1Cc2c([nH]c3ccccc23)[C@H](c2ccc(C(=O)NCc3cn(CCOCCOCCOCCOCCOCCNc4cccc5c4C(=O)N(C4CCC(=O)NC4=O)C5=O)nn3)cc2)N1C(=O)CCl. The minimum Gasteiger partial charge on any atom is -0.467 e. The molecular formula is C50H56ClN9O13. The van der Waals surface area contributed by atoms with Crippen molar-refractivity contribution < 1.29 is 62.0 Å². The third-order valence-electron chi connectivity index (χ3n) is 12.5. The first kappa shape index (κ1) is 52.2. The largest absolute Gasteiger partial charge is 0.467 e. The number of nitrogens with zero attached hydrogens (tertiary/aromatic N) is 5. The molecule has 0 bridgehead atoms. The highest BCUT2D eigenvalue weighted by molar-refractivity contribution is 6.27. The molecule has 4 N–H and O–H groups in total. The molecule has 2 aromatic heterocycles. The van der Waals surface area contributed by atoms with Gasteiger partial charge < -0.3 is 48.9 Å². The fourth-order valence-corrected chi connectivity index (χ4v) is 9.15. The molecule has 0 radical (unpaired) electrons. The number of fused-ring (bicyclic) bond motifs is 4. The van der Waals surface area contributed by atoms with Crippen molar-refractivity contribution in [3.05, 3.63) is 112 Å². The van der Waals surface area contributed by atoms with Crippen LogP contribution >= 0.6 is 11.6 Å². The average Bonchev–Trinajstić information content (AvgIpc) is 4.10. The number of rotatable bonds is 26. The van der Waals surface area contributed by atoms with Crippen LogP contribution in [0.5, 0.6) is 0 Å². The molecule has 1 fully saturated rings. The number of para-hydroxylation sites is 1. The van der Waals surface area contributed by atoms with Gasteiger partial charge in [-0.1, -0.05) is 41.6 Å². The Labute approximate surface area is 424 Å². The molecule has 3 atom stereocenters. The van der Waals surface area contributed by atoms with Crippen LogP contribution in [0.2, 0.25) is 0 Å². The van der Waals surface area contributed by atoms with E-state index in [2.05, 4.69) is 31.2 Å². The normalized spacial score (nSPS) is 17.4. The van der Waals surface area contributed by atoms with Gasteiger partial charge in [-0.3, -0.25) is 39.0 Å². The van der Waals surface area contributed by atoms with Gasteiger partial charge in [-0.05, 0) is 47.9 Å². The molecule has 73 heavy (non-hydrogen) atoms. The lowest BCUT2D eigenvalue weighted by Gasteiger charge is -2.40. The van der Waals surface area contributed by atoms with Gasteiger partial charge >= 0.3 is 5.97 Å². The molecule has 1 unspecified atom stereocenters. The fourth-order valence-electron chi connectivity index (χ4n) is 9.01. The zero-order chi connectivity index (χ0) is 51.3. The Balaban J connectivity index is 0.650. The summed E-state index contributed by atoms with van der Waals surface area (Å²) in [7, 11) is 1.29. The molecule has 0 aliphatic carbocycles. The topological polar surface area (TPSA) is 264 Å². The second-order valence-corrected chi connectivity index (χ2v) is 17.4. The van der Waals surface area contributed by atoms with Gasteiger partial charge in [-0.2, -0.15) is 0 Å². The summed E-state index contributed by atoms with van der Waals surface area (Å²) < 4.78 is 34.7. The number of amides is 6. The predicted molar refractivity (Wildman–Crippen MR) is 261 cm³/mol. The number of carbonyl (C=O) groups is 7. The van der Waals surface area contributed by atoms with E-state index in [9.17, 15) is 33.6 Å². The Kier molecular flexibility index (Phi) is 17.9. The summed E-state index contributed by atoms with van der Waals surface area (Å²) in [6.45, 7) is 4.62. The van der Waals surface area contributed by atoms with Crippen LogP contribution in [0.4, 0.5) is 5.69 Å². The number of nitrogens with one attached hydrogen (secondary N) is 4. The molecule has 5 aromatic rings. The summed E-state index contributed by atoms with van der Waals surface area (Å²) in [6.07, 6.45) is 2.13. The smallest absolute Gasteiger partial charge is 0.328 e. The van der Waals surface area contributed by atoms with Crippen LogP contribution < -0.4 is 16.0 Å². The summed E-state index contributed by atoms with van der Waals surface area (Å²) in [6, 6.07) is 16.9. The van der Waals surface area contributed by atoms with Crippen molar-refractivity contribution in [1.82, 2.24) is 40.4 Å². The molecule has 0 saturated carbocycles. The minimum absolute atomic E-state index is 0.0502. The number of H-pyrrole nitrogens is 1. The highest BCUT2D eigenvalue weighted by atomic mass is 35.5. The number of anilines is 1. The van der Waals surface area contributed by atoms with Crippen molar-refractivity contribution in [3.63, 3.8) is 0 Å². The molecule has 8 rings (SSSR count). The maximum absolute atomic E-state index is 13.3. The number of imide groups is 2. The summed E-state index contributed by atoms with van der Waals surface area (Å²) in [5, 5.41) is 17.4. The standard InChI is InChI=1S/C50H56ClN9O13/c1-68-50(67)40-27-36-34-5-2-3-7-37(34)54-44(36)45(59(40)42(62)28-51)31-9-11-32(12-10-31)46(63)53-29-33-30-58(57-56-33)16-18-70-20-22-72-24-26-73-25-23-71-21-19-69-17-15-52-38-8-4-6-35-43(38)49(66)60(48(35)65)39-13-14-41(61)55-47(39)64/h2-12,30,39-40,45,52,54H,13-29H2,1H3,(H,53,63)(H,55,61,64)/t39?,40-,45+/m1/s1. The van der Waals surface area contributed by atoms with Gasteiger partial charge in [0.05, 0.1) is 110 Å². The average molecular weight is 1030 g/mol. The van der Waals surface area contributed by atoms with Gasteiger partial charge in [0.25, 0.3) is 17.7 Å². The molecule has 1 saturated heterocycles. The highest BCUT2D eigenvalue weighted by Gasteiger charge is 2.46. The summed E-state index contributed by atoms with van der Waals surface area (Å²) in [5.41, 5.74) is 5.05. The molecule has 5 heterocycles. The quantitative estimate of drug-likeness (QED) is 0.0268. The van der Waals surface area contributed by atoms with E-state index >= 15 is 0 Å². The Morgan fingerprint density at radius 2 is 1.49 bits per heavy atom. The van der Waals surface area contributed by atoms with Crippen molar-refractivity contribution in [2.24, 2.45) is 0 Å². The molecule has 6 amide bonds. The molecule has 386 valence electrons. The number of methoxy groups -OCH3 is 1. The van der Waals surface area contributed by atoms with E-state index in [0.717, 1.165) is 27.1 Å². The van der Waals surface area contributed by atoms with Crippen molar-refractivity contribution in [1.29, 1.82) is 0 Å². The van der Waals surface area contributed by atoms with Crippen LogP contribution in [-0.2, 0) is 67.1 Å². The summed E-state index contributed by atoms with van der Waals surface area (Å²) in [5.74, 6) is -3.85. The summed E-state index contributed by atoms with van der Waals surface area (Å²) >= 11 is 6.07. The third kappa shape index (κ3) is 12.4. The maximum Gasteiger partial charge on any atom is 0.328 e. The molecule has 3 aromatic carbocycles. The number of hydrogen-bond donors (Lipinski definition) is 4. The van der Waals surface area contributed by atoms with Crippen LogP contribution in [-0.4, -0.2) is 169 Å². The highest BCUT2D eigenvalue weighted by Crippen LogP contribution is 2.41. The number of aromatic amines is 1. The van der Waals surface area contributed by atoms with E-state index in [0.29, 0.717) is 102 Å². The van der Waals surface area contributed by atoms with Crippen LogP contribution in [0.25, 0.3) is 10.9 Å². The number of alkyl halides is 1. The number of esters is 1. The van der Waals surface area contributed by atoms with E-state index in [1.54, 1.807) is 53.3 Å². The molecule has 23 heteroatoms. The molecule has 22 nitrogen and oxygen atoms in total. The number of halogens is 1. The van der Waals surface area contributed by atoms with Crippen LogP contribution in [0.15, 0.2) is 72.9 Å². The molecule has 0 spiro atoms. The zero-order valence-electron chi connectivity index (χ0n) is 40.1. The van der Waals surface area contributed by atoms with E-state index in [1.165, 1.54) is 12.0 Å². The Bertz CT molecular complexity index is 2800. The van der Waals surface area contributed by atoms with Gasteiger partial charge in [0.2, 0.25) is 17.7 Å². The Morgan fingerprint density at radius 1 is 0.808 bits per heavy atom. The lowest BCUT2D eigenvalue weighted by atomic mass is 9.87. The number of ether oxygens (including phenoxy) is 6. The van der Waals surface area contributed by atoms with Crippen LogP contribution in [0, 0.1) is 0 Å². The lowest BCUT2D eigenvalue weighted by molar-refractivity contribution is -0.154. The van der Waals surface area contributed by atoms with Crippen LogP contribution in [0.3, 0.4) is 0 Å². The number of carbonyl (C=O) groups excluding carboxylic acids is 7. The van der Waals surface area contributed by atoms with Gasteiger partial charge in [0.15, 0.2) is 0 Å². The Morgan fingerprint density at radius 3 is 2.18 bits per heavy atom. The van der Waals surface area contributed by atoms with Crippen molar-refractivity contribution >= 4 is 69.6 Å². The number of piperidine rings is 1. The van der Waals surface area contributed by atoms with Gasteiger partial charge in [-0.15, -0.1) is 16.7 Å². The van der Waals surface area contributed by atoms with Crippen molar-refractivity contribution in [2.75, 3.05) is 90.9 Å². The Hall–Kier alpha value is -7.08. The lowest BCUT2D eigenvalue weighted by Crippen LogP contribution is -2.54. The monoisotopic (exact) mass is 1030 g/mol. The molecular weight excluding hydrogens is 970 g/mol. The van der Waals surface area contributed by atoms with E-state index in [1.807, 2.05) is 24.3 Å². The first-order valence-electron chi connectivity index (χ1n) is 23.9. The van der Waals surface area contributed by atoms with Crippen LogP contribution in [0.1, 0.15) is 72.5 Å². The first-order chi connectivity index (χ1) is 35.6. The van der Waals surface area contributed by atoms with Crippen molar-refractivity contribution in [3.8, 4) is 0 Å². The second-order valence-electron chi connectivity index (χ2n) is 17.1. The number of aromatic nitrogens is 4. The van der Waals surface area contributed by atoms with E-state index < -0.39 is 53.6 Å². The fraction of sp³-hybridized carbons (Fsp3) is 0.420. The van der Waals surface area contributed by atoms with E-state index in [-0.39, 0.29) is 48.7 Å². The zero-order valence-corrected chi connectivity index (χ0v) is 40.9. The van der Waals surface area contributed by atoms with Gasteiger partial charge in [0, 0.05) is 47.2 Å². The molecule has 3 aliphatic rings. The summed E-state index contributed by atoms with van der Waals surface area (Å²) in [4.78, 5) is 95.6. The van der Waals surface area contributed by atoms with Gasteiger partial charge in [-0.25, -0.2) is 9.48 Å². The molecule has 3 aliphatic heterocycles. The predicted octanol–water partition coefficient (Wildman–Crippen LogP) is 2.54. The number of hydrogen-bond acceptors (Lipinski definition) is 16. The van der Waals surface area contributed by atoms with Gasteiger partial charge in [0.1, 0.15) is 23.7 Å². The second kappa shape index (κ2) is 25.0. The first-order valence-corrected chi connectivity index (χ1v) is 24.4. The minimum atomic E-state index is -1.03. The van der Waals surface area contributed by atoms with E-state index in [4.69, 9.17) is 40.0 Å². The number of benzene rings is 3. The van der Waals surface area contributed by atoms with Crippen molar-refractivity contribution in [2.45, 2.75) is 50.5 Å².